The number of fused-ring (bicyclic) bond motifs is 2. The van der Waals surface area contributed by atoms with Gasteiger partial charge < -0.3 is 24.8 Å². The Labute approximate surface area is 217 Å². The molecule has 6 nitrogen and oxygen atoms in total. The van der Waals surface area contributed by atoms with Gasteiger partial charge in [-0.3, -0.25) is 4.79 Å². The number of hydrogen-bond donors (Lipinski definition) is 3. The molecule has 4 fully saturated rings. The van der Waals surface area contributed by atoms with Gasteiger partial charge in [0.05, 0.1) is 29.5 Å². The molecule has 0 radical (unpaired) electrons. The molecule has 0 aromatic carbocycles. The van der Waals surface area contributed by atoms with Crippen LogP contribution >= 0.6 is 0 Å². The molecule has 0 amide bonds. The highest BCUT2D eigenvalue weighted by molar-refractivity contribution is 5.90. The molecule has 4 rings (SSSR count). The Balaban J connectivity index is 1.63. The van der Waals surface area contributed by atoms with Gasteiger partial charge in [0.15, 0.2) is 5.78 Å². The molecule has 0 bridgehead atoms. The van der Waals surface area contributed by atoms with Crippen LogP contribution < -0.4 is 0 Å². The van der Waals surface area contributed by atoms with Crippen LogP contribution in [0, 0.1) is 22.7 Å². The van der Waals surface area contributed by atoms with E-state index in [1.165, 1.54) is 5.57 Å². The van der Waals surface area contributed by atoms with Gasteiger partial charge in [0.2, 0.25) is 0 Å². The maximum atomic E-state index is 12.9. The number of hydrogen-bond acceptors (Lipinski definition) is 6. The Morgan fingerprint density at radius 2 is 1.64 bits per heavy atom. The highest BCUT2D eigenvalue weighted by atomic mass is 16.5. The van der Waals surface area contributed by atoms with E-state index >= 15 is 0 Å². The molecule has 0 aromatic heterocycles. The van der Waals surface area contributed by atoms with E-state index in [1.807, 2.05) is 20.8 Å². The molecule has 2 saturated heterocycles. The fourth-order valence-corrected chi connectivity index (χ4v) is 8.32. The van der Waals surface area contributed by atoms with Gasteiger partial charge in [0.1, 0.15) is 11.7 Å². The number of rotatable bonds is 3. The molecule has 2 saturated carbocycles. The van der Waals surface area contributed by atoms with Crippen LogP contribution in [0.2, 0.25) is 0 Å². The number of aliphatic hydroxyl groups excluding tert-OH is 2. The Bertz CT molecular complexity index is 881. The van der Waals surface area contributed by atoms with Gasteiger partial charge in [0, 0.05) is 10.8 Å². The zero-order valence-electron chi connectivity index (χ0n) is 23.6. The van der Waals surface area contributed by atoms with E-state index in [0.717, 1.165) is 38.5 Å². The van der Waals surface area contributed by atoms with E-state index in [2.05, 4.69) is 20.4 Å². The second-order valence-corrected chi connectivity index (χ2v) is 14.1. The maximum Gasteiger partial charge on any atom is 0.192 e. The van der Waals surface area contributed by atoms with Gasteiger partial charge in [-0.25, -0.2) is 0 Å². The molecule has 36 heavy (non-hydrogen) atoms. The summed E-state index contributed by atoms with van der Waals surface area (Å²) in [5.74, 6) is -0.134. The molecular weight excluding hydrogens is 456 g/mol. The standard InChI is InChI=1S/C30H50O6/c1-18-9-11-23-28(7,15-14-22(32)26(3,4)35-23)20(18)13-16-30(34)19(2)10-12-24-29(30,8)17-21(31)25(33)27(5,6)36-24/h19-24,31-32,34H,1,9-17H2,2-8H3. The zero-order chi connectivity index (χ0) is 26.9. The first-order valence-corrected chi connectivity index (χ1v) is 14.1. The molecular formula is C30H50O6. The minimum Gasteiger partial charge on any atom is -0.390 e. The summed E-state index contributed by atoms with van der Waals surface area (Å²) in [6.07, 6.45) is 4.46. The van der Waals surface area contributed by atoms with Crippen molar-refractivity contribution < 1.29 is 29.6 Å². The van der Waals surface area contributed by atoms with E-state index < -0.39 is 34.4 Å². The fourth-order valence-electron chi connectivity index (χ4n) is 8.32. The van der Waals surface area contributed by atoms with Crippen molar-refractivity contribution in [3.8, 4) is 0 Å². The summed E-state index contributed by atoms with van der Waals surface area (Å²) < 4.78 is 12.9. The summed E-state index contributed by atoms with van der Waals surface area (Å²) >= 11 is 0. The predicted molar refractivity (Wildman–Crippen MR) is 139 cm³/mol. The van der Waals surface area contributed by atoms with Crippen molar-refractivity contribution in [1.29, 1.82) is 0 Å². The van der Waals surface area contributed by atoms with Gasteiger partial charge in [-0.1, -0.05) is 32.9 Å². The summed E-state index contributed by atoms with van der Waals surface area (Å²) in [6, 6.07) is 0. The van der Waals surface area contributed by atoms with E-state index in [1.54, 1.807) is 13.8 Å². The minimum atomic E-state index is -1.16. The van der Waals surface area contributed by atoms with Crippen LogP contribution in [-0.4, -0.2) is 62.3 Å². The smallest absolute Gasteiger partial charge is 0.192 e. The van der Waals surface area contributed by atoms with Gasteiger partial charge >= 0.3 is 0 Å². The molecule has 9 atom stereocenters. The Morgan fingerprint density at radius 3 is 2.31 bits per heavy atom. The van der Waals surface area contributed by atoms with Crippen molar-refractivity contribution in [2.45, 2.75) is 147 Å². The predicted octanol–water partition coefficient (Wildman–Crippen LogP) is 4.72. The lowest BCUT2D eigenvalue weighted by Crippen LogP contribution is -2.61. The van der Waals surface area contributed by atoms with Crippen LogP contribution in [0.15, 0.2) is 12.2 Å². The molecule has 6 heteroatoms. The topological polar surface area (TPSA) is 96.2 Å². The van der Waals surface area contributed by atoms with Gasteiger partial charge in [0.25, 0.3) is 0 Å². The third-order valence-corrected chi connectivity index (χ3v) is 11.1. The first kappa shape index (κ1) is 28.2. The van der Waals surface area contributed by atoms with Crippen molar-refractivity contribution in [2.24, 2.45) is 22.7 Å². The van der Waals surface area contributed by atoms with E-state index in [9.17, 15) is 20.1 Å². The number of carbonyl (C=O) groups is 1. The molecule has 9 unspecified atom stereocenters. The van der Waals surface area contributed by atoms with E-state index in [-0.39, 0.29) is 41.7 Å². The van der Waals surface area contributed by atoms with Gasteiger partial charge in [-0.2, -0.15) is 0 Å². The monoisotopic (exact) mass is 506 g/mol. The SMILES string of the molecule is C=C1CCC2OC(C)(C)C(O)CCC2(C)C1CCC1(O)C(C)CCC2OC(C)(C)C(=O)C(O)CC21C. The number of allylic oxidation sites excluding steroid dienone is 1. The van der Waals surface area contributed by atoms with E-state index in [0.29, 0.717) is 12.8 Å². The fraction of sp³-hybridized carbons (Fsp3) is 0.900. The first-order valence-electron chi connectivity index (χ1n) is 14.1. The van der Waals surface area contributed by atoms with Crippen molar-refractivity contribution >= 4 is 5.78 Å². The van der Waals surface area contributed by atoms with Crippen LogP contribution in [-0.2, 0) is 14.3 Å². The second kappa shape index (κ2) is 9.15. The summed E-state index contributed by atoms with van der Waals surface area (Å²) in [5, 5.41) is 34.1. The number of Topliss-reactive ketones (excluding diaryl/α,β-unsaturated/α-hetero) is 1. The number of aliphatic hydroxyl groups is 3. The normalized spacial score (nSPS) is 48.9. The highest BCUT2D eigenvalue weighted by Crippen LogP contribution is 2.58. The average Bonchev–Trinajstić information content (AvgIpc) is 2.92. The number of ketones is 1. The molecule has 2 aliphatic heterocycles. The van der Waals surface area contributed by atoms with Crippen LogP contribution in [0.4, 0.5) is 0 Å². The molecule has 0 aromatic rings. The van der Waals surface area contributed by atoms with Crippen molar-refractivity contribution in [3.63, 3.8) is 0 Å². The van der Waals surface area contributed by atoms with Gasteiger partial charge in [-0.05, 0) is 97.3 Å². The maximum absolute atomic E-state index is 12.9. The molecule has 4 aliphatic rings. The lowest BCUT2D eigenvalue weighted by Gasteiger charge is -2.57. The van der Waals surface area contributed by atoms with Crippen molar-refractivity contribution in [2.75, 3.05) is 0 Å². The lowest BCUT2D eigenvalue weighted by atomic mass is 9.53. The lowest BCUT2D eigenvalue weighted by molar-refractivity contribution is -0.228. The van der Waals surface area contributed by atoms with Crippen molar-refractivity contribution in [1.82, 2.24) is 0 Å². The molecule has 206 valence electrons. The minimum absolute atomic E-state index is 0.0115. The van der Waals surface area contributed by atoms with E-state index in [4.69, 9.17) is 9.47 Å². The summed E-state index contributed by atoms with van der Waals surface area (Å²) in [5.41, 5.74) is -2.47. The number of ether oxygens (including phenoxy) is 2. The van der Waals surface area contributed by atoms with Gasteiger partial charge in [-0.15, -0.1) is 0 Å². The van der Waals surface area contributed by atoms with Crippen LogP contribution in [0.25, 0.3) is 0 Å². The van der Waals surface area contributed by atoms with Crippen molar-refractivity contribution in [3.05, 3.63) is 12.2 Å². The summed E-state index contributed by atoms with van der Waals surface area (Å²) in [6.45, 7) is 18.3. The third kappa shape index (κ3) is 4.33. The Morgan fingerprint density at radius 1 is 0.972 bits per heavy atom. The summed E-state index contributed by atoms with van der Waals surface area (Å²) in [7, 11) is 0. The molecule has 3 N–H and O–H groups in total. The second-order valence-electron chi connectivity index (χ2n) is 14.1. The molecule has 2 heterocycles. The highest BCUT2D eigenvalue weighted by Gasteiger charge is 2.62. The number of carbonyl (C=O) groups excluding carboxylic acids is 1. The largest absolute Gasteiger partial charge is 0.390 e. The Kier molecular flexibility index (Phi) is 7.17. The third-order valence-electron chi connectivity index (χ3n) is 11.1. The molecule has 2 aliphatic carbocycles. The Hall–Kier alpha value is -0.790. The molecule has 0 spiro atoms. The quantitative estimate of drug-likeness (QED) is 0.479. The zero-order valence-corrected chi connectivity index (χ0v) is 23.6. The first-order chi connectivity index (χ1) is 16.5. The van der Waals surface area contributed by atoms with Crippen LogP contribution in [0.3, 0.4) is 0 Å². The average molecular weight is 507 g/mol. The van der Waals surface area contributed by atoms with Crippen LogP contribution in [0.1, 0.15) is 106 Å². The summed E-state index contributed by atoms with van der Waals surface area (Å²) in [4.78, 5) is 12.9. The van der Waals surface area contributed by atoms with Crippen LogP contribution in [0.5, 0.6) is 0 Å².